The number of benzene rings is 2. The number of urea groups is 1. The molecular formula is C28H34F2N2O4. The van der Waals surface area contributed by atoms with E-state index in [1.54, 1.807) is 15.9 Å². The number of halogens is 2. The lowest BCUT2D eigenvalue weighted by atomic mass is 10.0. The number of amides is 2. The lowest BCUT2D eigenvalue weighted by molar-refractivity contribution is -0.140. The Morgan fingerprint density at radius 3 is 2.39 bits per heavy atom. The molecule has 2 amide bonds. The lowest BCUT2D eigenvalue weighted by Crippen LogP contribution is -2.35. The number of carbonyl (C=O) groups excluding carboxylic acids is 2. The molecule has 1 aliphatic heterocycles. The van der Waals surface area contributed by atoms with Gasteiger partial charge in [-0.3, -0.25) is 4.79 Å². The second-order valence-corrected chi connectivity index (χ2v) is 8.97. The van der Waals surface area contributed by atoms with Gasteiger partial charge in [0.2, 0.25) is 0 Å². The zero-order chi connectivity index (χ0) is 26.0. The molecule has 1 unspecified atom stereocenters. The highest BCUT2D eigenvalue weighted by atomic mass is 19.3. The maximum Gasteiger partial charge on any atom is 0.320 e. The summed E-state index contributed by atoms with van der Waals surface area (Å²) < 4.78 is 34.1. The minimum atomic E-state index is -3.45. The molecule has 0 radical (unpaired) electrons. The normalized spacial score (nSPS) is 17.1. The number of ether oxygens (including phenoxy) is 1. The first kappa shape index (κ1) is 27.3. The third-order valence-electron chi connectivity index (χ3n) is 6.34. The first-order chi connectivity index (χ1) is 17.3. The molecule has 2 aromatic rings. The van der Waals surface area contributed by atoms with Crippen LogP contribution in [0.5, 0.6) is 0 Å². The number of rotatable bonds is 13. The van der Waals surface area contributed by atoms with Crippen LogP contribution in [0.3, 0.4) is 0 Å². The van der Waals surface area contributed by atoms with Crippen LogP contribution < -0.4 is 0 Å². The topological polar surface area (TPSA) is 70.1 Å². The lowest BCUT2D eigenvalue weighted by Gasteiger charge is -2.23. The molecule has 194 valence electrons. The van der Waals surface area contributed by atoms with Gasteiger partial charge in [-0.05, 0) is 18.4 Å². The van der Waals surface area contributed by atoms with Crippen LogP contribution in [0.4, 0.5) is 13.6 Å². The van der Waals surface area contributed by atoms with E-state index in [9.17, 15) is 23.5 Å². The van der Waals surface area contributed by atoms with Crippen molar-refractivity contribution in [3.05, 3.63) is 83.9 Å². The van der Waals surface area contributed by atoms with E-state index in [2.05, 4.69) is 4.74 Å². The summed E-state index contributed by atoms with van der Waals surface area (Å²) >= 11 is 0. The third-order valence-corrected chi connectivity index (χ3v) is 6.34. The van der Waals surface area contributed by atoms with Gasteiger partial charge >= 0.3 is 17.9 Å². The standard InChI is InChI=1S/C28H34F2N2O4/c1-36-26(34)16-10-2-3-11-19-32-24(21-31(27(32)35)20-22-12-6-4-7-13-22)17-18-25(33)28(29,30)23-14-8-5-9-15-23/h4-9,12-15,17-18,24-25,33H,2-3,10-11,16,19-21H2,1H3/t24-,25?/m0/s1. The van der Waals surface area contributed by atoms with E-state index >= 15 is 0 Å². The summed E-state index contributed by atoms with van der Waals surface area (Å²) in [6.07, 6.45) is 4.05. The van der Waals surface area contributed by atoms with E-state index in [0.717, 1.165) is 30.9 Å². The number of hydrogen-bond acceptors (Lipinski definition) is 4. The first-order valence-electron chi connectivity index (χ1n) is 12.3. The Hall–Kier alpha value is -3.26. The molecular weight excluding hydrogens is 466 g/mol. The minimum absolute atomic E-state index is 0.160. The van der Waals surface area contributed by atoms with Gasteiger partial charge < -0.3 is 19.6 Å². The number of esters is 1. The molecule has 1 saturated heterocycles. The summed E-state index contributed by atoms with van der Waals surface area (Å²) in [5.41, 5.74) is 0.716. The zero-order valence-electron chi connectivity index (χ0n) is 20.6. The molecule has 0 aliphatic carbocycles. The number of hydrogen-bond donors (Lipinski definition) is 1. The molecule has 36 heavy (non-hydrogen) atoms. The third kappa shape index (κ3) is 7.37. The molecule has 0 saturated carbocycles. The summed E-state index contributed by atoms with van der Waals surface area (Å²) in [5, 5.41) is 10.3. The number of methoxy groups -OCH3 is 1. The van der Waals surface area contributed by atoms with Crippen LogP contribution in [0, 0.1) is 0 Å². The van der Waals surface area contributed by atoms with Crippen molar-refractivity contribution in [2.45, 2.75) is 56.7 Å². The molecule has 2 aromatic carbocycles. The Bertz CT molecular complexity index is 1000. The molecule has 0 aromatic heterocycles. The Balaban J connectivity index is 1.65. The predicted molar refractivity (Wildman–Crippen MR) is 133 cm³/mol. The van der Waals surface area contributed by atoms with E-state index in [-0.39, 0.29) is 17.6 Å². The van der Waals surface area contributed by atoms with Crippen LogP contribution in [-0.4, -0.2) is 59.3 Å². The molecule has 8 heteroatoms. The second kappa shape index (κ2) is 13.2. The van der Waals surface area contributed by atoms with Crippen LogP contribution in [0.25, 0.3) is 0 Å². The van der Waals surface area contributed by atoms with E-state index in [1.165, 1.54) is 37.5 Å². The highest BCUT2D eigenvalue weighted by molar-refractivity contribution is 5.77. The Morgan fingerprint density at radius 2 is 1.72 bits per heavy atom. The maximum absolute atomic E-state index is 14.7. The number of aliphatic hydroxyl groups is 1. The fourth-order valence-electron chi connectivity index (χ4n) is 4.28. The van der Waals surface area contributed by atoms with Gasteiger partial charge in [0.1, 0.15) is 6.10 Å². The fraction of sp³-hybridized carbons (Fsp3) is 0.429. The van der Waals surface area contributed by atoms with Crippen molar-refractivity contribution in [1.82, 2.24) is 9.80 Å². The SMILES string of the molecule is COC(=O)CCCCCCN1C(=O)N(Cc2ccccc2)C[C@@H]1C=CC(O)C(F)(F)c1ccccc1. The quantitative estimate of drug-likeness (QED) is 0.235. The second-order valence-electron chi connectivity index (χ2n) is 8.97. The predicted octanol–water partition coefficient (Wildman–Crippen LogP) is 5.13. The van der Waals surface area contributed by atoms with E-state index in [0.29, 0.717) is 32.5 Å². The van der Waals surface area contributed by atoms with Gasteiger partial charge in [0.05, 0.1) is 13.2 Å². The number of carbonyl (C=O) groups is 2. The van der Waals surface area contributed by atoms with Crippen LogP contribution in [0.15, 0.2) is 72.8 Å². The molecule has 0 bridgehead atoms. The highest BCUT2D eigenvalue weighted by Crippen LogP contribution is 2.32. The van der Waals surface area contributed by atoms with Crippen LogP contribution in [0.1, 0.15) is 43.2 Å². The monoisotopic (exact) mass is 500 g/mol. The Labute approximate surface area is 211 Å². The fourth-order valence-corrected chi connectivity index (χ4v) is 4.28. The molecule has 2 atom stereocenters. The van der Waals surface area contributed by atoms with Crippen molar-refractivity contribution in [2.75, 3.05) is 20.2 Å². The molecule has 1 N–H and O–H groups in total. The van der Waals surface area contributed by atoms with E-state index in [4.69, 9.17) is 0 Å². The molecule has 1 fully saturated rings. The zero-order valence-corrected chi connectivity index (χ0v) is 20.6. The molecule has 6 nitrogen and oxygen atoms in total. The van der Waals surface area contributed by atoms with Gasteiger partial charge in [0.15, 0.2) is 0 Å². The average molecular weight is 501 g/mol. The number of unbranched alkanes of at least 4 members (excludes halogenated alkanes) is 3. The van der Waals surface area contributed by atoms with Crippen molar-refractivity contribution < 1.29 is 28.2 Å². The minimum Gasteiger partial charge on any atom is -0.469 e. The Kier molecular flexibility index (Phi) is 9.99. The van der Waals surface area contributed by atoms with Crippen molar-refractivity contribution in [1.29, 1.82) is 0 Å². The van der Waals surface area contributed by atoms with E-state index < -0.39 is 18.1 Å². The first-order valence-corrected chi connectivity index (χ1v) is 12.3. The van der Waals surface area contributed by atoms with Gasteiger partial charge in [-0.1, -0.05) is 85.7 Å². The largest absolute Gasteiger partial charge is 0.469 e. The smallest absolute Gasteiger partial charge is 0.320 e. The van der Waals surface area contributed by atoms with Crippen LogP contribution in [-0.2, 0) is 22.0 Å². The van der Waals surface area contributed by atoms with Crippen molar-refractivity contribution in [2.24, 2.45) is 0 Å². The van der Waals surface area contributed by atoms with Gasteiger partial charge in [-0.2, -0.15) is 8.78 Å². The summed E-state index contributed by atoms with van der Waals surface area (Å²) in [7, 11) is 1.36. The number of alkyl halides is 2. The molecule has 0 spiro atoms. The van der Waals surface area contributed by atoms with Crippen molar-refractivity contribution in [3.63, 3.8) is 0 Å². The Morgan fingerprint density at radius 1 is 1.08 bits per heavy atom. The van der Waals surface area contributed by atoms with Crippen molar-refractivity contribution in [3.8, 4) is 0 Å². The van der Waals surface area contributed by atoms with Crippen molar-refractivity contribution >= 4 is 12.0 Å². The highest BCUT2D eigenvalue weighted by Gasteiger charge is 2.40. The number of nitrogens with zero attached hydrogens (tertiary/aromatic N) is 2. The average Bonchev–Trinajstić information content (AvgIpc) is 3.19. The summed E-state index contributed by atoms with van der Waals surface area (Å²) in [6, 6.07) is 16.2. The van der Waals surface area contributed by atoms with Gasteiger partial charge in [0.25, 0.3) is 0 Å². The molecule has 3 rings (SSSR count). The van der Waals surface area contributed by atoms with Gasteiger partial charge in [0, 0.05) is 31.6 Å². The summed E-state index contributed by atoms with van der Waals surface area (Å²) in [6.45, 7) is 1.22. The summed E-state index contributed by atoms with van der Waals surface area (Å²) in [4.78, 5) is 27.8. The van der Waals surface area contributed by atoms with Crippen LogP contribution in [0.2, 0.25) is 0 Å². The van der Waals surface area contributed by atoms with Gasteiger partial charge in [-0.25, -0.2) is 4.79 Å². The molecule has 1 aliphatic rings. The summed E-state index contributed by atoms with van der Waals surface area (Å²) in [5.74, 6) is -3.69. The van der Waals surface area contributed by atoms with E-state index in [1.807, 2.05) is 30.3 Å². The van der Waals surface area contributed by atoms with Gasteiger partial charge in [-0.15, -0.1) is 0 Å². The number of aliphatic hydroxyl groups excluding tert-OH is 1. The maximum atomic E-state index is 14.7. The molecule has 1 heterocycles. The van der Waals surface area contributed by atoms with Crippen LogP contribution >= 0.6 is 0 Å².